The zero-order valence-corrected chi connectivity index (χ0v) is 3.58. The van der Waals surface area contributed by atoms with Gasteiger partial charge in [-0.15, -0.1) is 0 Å². The predicted molar refractivity (Wildman–Crippen MR) is 9.94 cm³/mol. The Balaban J connectivity index is -0.0000000133. The molecule has 0 spiro atoms. The fraction of sp³-hybridized carbons (Fsp3) is 0. The third-order valence-electron chi connectivity index (χ3n) is 0. The maximum Gasteiger partial charge on any atom is 2.00 e. The van der Waals surface area contributed by atoms with Gasteiger partial charge < -0.3 is 23.7 Å². The molecule has 0 bridgehead atoms. The van der Waals surface area contributed by atoms with Crippen LogP contribution in [0.4, 0.5) is 0 Å². The smallest absolute Gasteiger partial charge is 0.512 e. The summed E-state index contributed by atoms with van der Waals surface area (Å²) in [6.07, 6.45) is 0. The largest absolute Gasteiger partial charge is 2.00 e. The van der Waals surface area contributed by atoms with Gasteiger partial charge in [-0.1, -0.05) is 0 Å². The molecule has 0 aromatic heterocycles. The Morgan fingerprint density at radius 1 is 0.800 bits per heavy atom. The summed E-state index contributed by atoms with van der Waals surface area (Å²) >= 11 is 0. The number of rotatable bonds is 0. The maximum absolute atomic E-state index is 6.25. The standard InChI is InChI=1S/2CN.Cr/c2*1-2;/q2*-1;+2. The van der Waals surface area contributed by atoms with Crippen molar-refractivity contribution in [1.29, 1.82) is 10.5 Å². The van der Waals surface area contributed by atoms with Crippen molar-refractivity contribution in [3.63, 3.8) is 0 Å². The van der Waals surface area contributed by atoms with E-state index in [0.717, 1.165) is 0 Å². The molecule has 0 rings (SSSR count). The minimum absolute atomic E-state index is 0. The molecule has 2 nitrogen and oxygen atoms in total. The molecule has 0 amide bonds. The van der Waals surface area contributed by atoms with Crippen LogP contribution >= 0.6 is 0 Å². The maximum atomic E-state index is 6.25. The van der Waals surface area contributed by atoms with Crippen LogP contribution in [0.25, 0.3) is 0 Å². The summed E-state index contributed by atoms with van der Waals surface area (Å²) in [6, 6.07) is 0. The van der Waals surface area contributed by atoms with Gasteiger partial charge in [0.25, 0.3) is 0 Å². The van der Waals surface area contributed by atoms with E-state index in [1.54, 1.807) is 0 Å². The van der Waals surface area contributed by atoms with Crippen LogP contribution in [-0.4, -0.2) is 0 Å². The summed E-state index contributed by atoms with van der Waals surface area (Å²) in [5.74, 6) is 0. The van der Waals surface area contributed by atoms with E-state index in [1.807, 2.05) is 0 Å². The van der Waals surface area contributed by atoms with E-state index >= 15 is 0 Å². The summed E-state index contributed by atoms with van der Waals surface area (Å²) in [5, 5.41) is 12.5. The molecular formula is C2CrN2. The van der Waals surface area contributed by atoms with Crippen molar-refractivity contribution >= 4 is 0 Å². The van der Waals surface area contributed by atoms with Crippen LogP contribution in [0, 0.1) is 23.7 Å². The van der Waals surface area contributed by atoms with Gasteiger partial charge in [0.1, 0.15) is 0 Å². The first kappa shape index (κ1) is 24.3. The van der Waals surface area contributed by atoms with Crippen LogP contribution in [0.3, 0.4) is 0 Å². The van der Waals surface area contributed by atoms with Gasteiger partial charge in [-0.05, 0) is 0 Å². The zero-order valence-electron chi connectivity index (χ0n) is 2.30. The molecule has 0 aliphatic heterocycles. The minimum atomic E-state index is 0. The first-order valence-electron chi connectivity index (χ1n) is 0.447. The summed E-state index contributed by atoms with van der Waals surface area (Å²) in [4.78, 5) is 0. The summed E-state index contributed by atoms with van der Waals surface area (Å²) in [5.41, 5.74) is 0. The van der Waals surface area contributed by atoms with E-state index in [1.165, 1.54) is 0 Å². The molecule has 3 heteroatoms. The van der Waals surface area contributed by atoms with Crippen molar-refractivity contribution in [3.05, 3.63) is 13.1 Å². The molecule has 0 atom stereocenters. The molecule has 0 heterocycles. The van der Waals surface area contributed by atoms with Gasteiger partial charge in [-0.25, -0.2) is 0 Å². The molecule has 0 saturated carbocycles. The molecule has 0 radical (unpaired) electrons. The average Bonchev–Trinajstić information content (AvgIpc) is 1.50. The van der Waals surface area contributed by atoms with E-state index in [2.05, 4.69) is 0 Å². The van der Waals surface area contributed by atoms with Gasteiger partial charge in [-0.3, -0.25) is 0 Å². The molecule has 0 unspecified atom stereocenters. The third-order valence-corrected chi connectivity index (χ3v) is 0. The summed E-state index contributed by atoms with van der Waals surface area (Å²) in [7, 11) is 0. The van der Waals surface area contributed by atoms with Crippen LogP contribution in [0.2, 0.25) is 0 Å². The number of nitrogens with zero attached hydrogens (tertiary/aromatic N) is 2. The van der Waals surface area contributed by atoms with E-state index in [-0.39, 0.29) is 17.4 Å². The van der Waals surface area contributed by atoms with Crippen molar-refractivity contribution in [1.82, 2.24) is 0 Å². The van der Waals surface area contributed by atoms with Gasteiger partial charge in [0, 0.05) is 0 Å². The first-order chi connectivity index (χ1) is 2.00. The SMILES string of the molecule is [C-]#N.[C-]#N.[Cr+2]. The van der Waals surface area contributed by atoms with Crippen molar-refractivity contribution in [2.45, 2.75) is 0 Å². The summed E-state index contributed by atoms with van der Waals surface area (Å²) in [6.45, 7) is 9.50. The molecule has 24 valence electrons. The van der Waals surface area contributed by atoms with E-state index in [0.29, 0.717) is 0 Å². The van der Waals surface area contributed by atoms with Gasteiger partial charge in [0.15, 0.2) is 0 Å². The van der Waals surface area contributed by atoms with Crippen molar-refractivity contribution < 1.29 is 17.4 Å². The molecule has 0 aromatic carbocycles. The third kappa shape index (κ3) is 33.8. The quantitative estimate of drug-likeness (QED) is 0.412. The average molecular weight is 104 g/mol. The second-order valence-corrected chi connectivity index (χ2v) is 0. The first-order valence-corrected chi connectivity index (χ1v) is 0.447. The molecule has 0 aromatic rings. The van der Waals surface area contributed by atoms with E-state index in [9.17, 15) is 0 Å². The zero-order chi connectivity index (χ0) is 4.00. The Morgan fingerprint density at radius 3 is 0.800 bits per heavy atom. The van der Waals surface area contributed by atoms with Crippen LogP contribution in [0.15, 0.2) is 0 Å². The molecule has 0 aliphatic carbocycles. The molecule has 5 heavy (non-hydrogen) atoms. The van der Waals surface area contributed by atoms with Crippen molar-refractivity contribution in [2.75, 3.05) is 0 Å². The minimum Gasteiger partial charge on any atom is -0.512 e. The Labute approximate surface area is 41.8 Å². The Morgan fingerprint density at radius 2 is 0.800 bits per heavy atom. The second kappa shape index (κ2) is 93.3. The molecule has 0 saturated heterocycles. The fourth-order valence-corrected chi connectivity index (χ4v) is 0. The van der Waals surface area contributed by atoms with E-state index in [4.69, 9.17) is 23.7 Å². The summed E-state index contributed by atoms with van der Waals surface area (Å²) < 4.78 is 0. The Kier molecular flexibility index (Phi) is 454. The molecule has 0 aliphatic rings. The van der Waals surface area contributed by atoms with Crippen molar-refractivity contribution in [2.24, 2.45) is 0 Å². The molecule has 0 fully saturated rings. The van der Waals surface area contributed by atoms with Gasteiger partial charge in [-0.2, -0.15) is 0 Å². The number of hydrogen-bond donors (Lipinski definition) is 0. The van der Waals surface area contributed by atoms with E-state index < -0.39 is 0 Å². The van der Waals surface area contributed by atoms with Gasteiger partial charge in [0.05, 0.1) is 0 Å². The Hall–Kier alpha value is -0.488. The van der Waals surface area contributed by atoms with Crippen LogP contribution in [0.5, 0.6) is 0 Å². The van der Waals surface area contributed by atoms with Crippen molar-refractivity contribution in [3.8, 4) is 0 Å². The fourth-order valence-electron chi connectivity index (χ4n) is 0. The second-order valence-electron chi connectivity index (χ2n) is 0. The van der Waals surface area contributed by atoms with Gasteiger partial charge in [0.2, 0.25) is 0 Å². The normalized spacial score (nSPS) is 0.800. The Bertz CT molecular complexity index is 23.1. The number of hydrogen-bond acceptors (Lipinski definition) is 2. The van der Waals surface area contributed by atoms with Crippen LogP contribution in [0.1, 0.15) is 0 Å². The monoisotopic (exact) mass is 104 g/mol. The molecule has 0 N–H and O–H groups in total. The van der Waals surface area contributed by atoms with Crippen LogP contribution in [-0.2, 0) is 17.4 Å². The molecular weight excluding hydrogens is 104 g/mol. The predicted octanol–water partition coefficient (Wildman–Crippen LogP) is 0.190. The van der Waals surface area contributed by atoms with Crippen LogP contribution < -0.4 is 0 Å². The van der Waals surface area contributed by atoms with Gasteiger partial charge >= 0.3 is 17.4 Å². The topological polar surface area (TPSA) is 47.6 Å².